The lowest BCUT2D eigenvalue weighted by Gasteiger charge is -2.16. The molecule has 7 nitrogen and oxygen atoms in total. The number of amides is 1. The highest BCUT2D eigenvalue weighted by Crippen LogP contribution is 2.19. The predicted molar refractivity (Wildman–Crippen MR) is 69.1 cm³/mol. The van der Waals surface area contributed by atoms with E-state index in [0.717, 1.165) is 12.1 Å². The summed E-state index contributed by atoms with van der Waals surface area (Å²) in [6.45, 7) is 1.22. The molecule has 0 aromatic heterocycles. The number of carbonyl (C=O) groups excluding carboxylic acids is 1. The van der Waals surface area contributed by atoms with E-state index in [1.807, 2.05) is 0 Å². The average molecular weight is 265 g/mol. The maximum atomic E-state index is 11.3. The van der Waals surface area contributed by atoms with Crippen molar-refractivity contribution in [2.45, 2.75) is 12.5 Å². The van der Waals surface area contributed by atoms with Crippen molar-refractivity contribution >= 4 is 17.5 Å². The number of nitrogens with zero attached hydrogens (tertiary/aromatic N) is 2. The van der Waals surface area contributed by atoms with E-state index in [0.29, 0.717) is 13.1 Å². The zero-order chi connectivity index (χ0) is 13.8. The summed E-state index contributed by atoms with van der Waals surface area (Å²) in [5, 5.41) is 13.8. The van der Waals surface area contributed by atoms with Gasteiger partial charge < -0.3 is 15.0 Å². The molecule has 0 aliphatic carbocycles. The van der Waals surface area contributed by atoms with Gasteiger partial charge in [-0.05, 0) is 18.6 Å². The largest absolute Gasteiger partial charge is 0.453 e. The Morgan fingerprint density at radius 1 is 1.47 bits per heavy atom. The Balaban J connectivity index is 1.92. The Morgan fingerprint density at radius 2 is 2.16 bits per heavy atom. The number of non-ortho nitro benzene ring substituents is 1. The van der Waals surface area contributed by atoms with Crippen LogP contribution in [0.2, 0.25) is 0 Å². The topological polar surface area (TPSA) is 84.7 Å². The standard InChI is InChI=1S/C12H15N3O4/c1-19-12(16)14-7-6-10(8-14)13-9-2-4-11(5-3-9)15(17)18/h2-5,10,13H,6-8H2,1H3/t10-/m1/s1. The summed E-state index contributed by atoms with van der Waals surface area (Å²) in [6, 6.07) is 6.38. The summed E-state index contributed by atoms with van der Waals surface area (Å²) in [5.74, 6) is 0. The van der Waals surface area contributed by atoms with Gasteiger partial charge in [-0.15, -0.1) is 0 Å². The van der Waals surface area contributed by atoms with Gasteiger partial charge in [0.2, 0.25) is 0 Å². The predicted octanol–water partition coefficient (Wildman–Crippen LogP) is 1.85. The number of rotatable bonds is 3. The summed E-state index contributed by atoms with van der Waals surface area (Å²) < 4.78 is 4.66. The van der Waals surface area contributed by atoms with Crippen molar-refractivity contribution in [2.75, 3.05) is 25.5 Å². The molecule has 1 N–H and O–H groups in total. The van der Waals surface area contributed by atoms with Crippen LogP contribution in [0.5, 0.6) is 0 Å². The van der Waals surface area contributed by atoms with Gasteiger partial charge in [-0.3, -0.25) is 10.1 Å². The Labute approximate surface area is 110 Å². The first kappa shape index (κ1) is 13.1. The number of likely N-dealkylation sites (tertiary alicyclic amines) is 1. The van der Waals surface area contributed by atoms with E-state index < -0.39 is 4.92 Å². The van der Waals surface area contributed by atoms with E-state index >= 15 is 0 Å². The first-order valence-corrected chi connectivity index (χ1v) is 5.94. The monoisotopic (exact) mass is 265 g/mol. The van der Waals surface area contributed by atoms with Crippen LogP contribution in [0.25, 0.3) is 0 Å². The van der Waals surface area contributed by atoms with Crippen molar-refractivity contribution in [3.63, 3.8) is 0 Å². The minimum Gasteiger partial charge on any atom is -0.453 e. The third-order valence-electron chi connectivity index (χ3n) is 3.07. The maximum absolute atomic E-state index is 11.3. The zero-order valence-electron chi connectivity index (χ0n) is 10.5. The molecule has 0 radical (unpaired) electrons. The van der Waals surface area contributed by atoms with Gasteiger partial charge in [-0.1, -0.05) is 0 Å². The Hall–Kier alpha value is -2.31. The van der Waals surface area contributed by atoms with Gasteiger partial charge in [0.05, 0.1) is 12.0 Å². The molecule has 0 bridgehead atoms. The van der Waals surface area contributed by atoms with Crippen molar-refractivity contribution in [3.8, 4) is 0 Å². The Bertz CT molecular complexity index is 474. The number of nitrogens with one attached hydrogen (secondary N) is 1. The lowest BCUT2D eigenvalue weighted by molar-refractivity contribution is -0.384. The molecule has 1 heterocycles. The molecule has 102 valence electrons. The summed E-state index contributed by atoms with van der Waals surface area (Å²) >= 11 is 0. The fraction of sp³-hybridized carbons (Fsp3) is 0.417. The van der Waals surface area contributed by atoms with E-state index in [4.69, 9.17) is 0 Å². The number of hydrogen-bond acceptors (Lipinski definition) is 5. The molecule has 1 amide bonds. The highest BCUT2D eigenvalue weighted by atomic mass is 16.6. The number of nitro benzene ring substituents is 1. The quantitative estimate of drug-likeness (QED) is 0.666. The van der Waals surface area contributed by atoms with Gasteiger partial charge in [0.25, 0.3) is 5.69 Å². The van der Waals surface area contributed by atoms with Crippen LogP contribution in [-0.4, -0.2) is 42.2 Å². The summed E-state index contributed by atoms with van der Waals surface area (Å²) in [6.07, 6.45) is 0.500. The zero-order valence-corrected chi connectivity index (χ0v) is 10.5. The molecular weight excluding hydrogens is 250 g/mol. The molecule has 0 unspecified atom stereocenters. The van der Waals surface area contributed by atoms with Gasteiger partial charge in [0.15, 0.2) is 0 Å². The molecule has 2 rings (SSSR count). The van der Waals surface area contributed by atoms with Crippen LogP contribution in [0.4, 0.5) is 16.2 Å². The number of benzene rings is 1. The third-order valence-corrected chi connectivity index (χ3v) is 3.07. The molecule has 1 aromatic rings. The lowest BCUT2D eigenvalue weighted by atomic mass is 10.2. The van der Waals surface area contributed by atoms with E-state index in [-0.39, 0.29) is 17.8 Å². The molecular formula is C12H15N3O4. The van der Waals surface area contributed by atoms with Crippen molar-refractivity contribution in [3.05, 3.63) is 34.4 Å². The van der Waals surface area contributed by atoms with Crippen molar-refractivity contribution in [1.82, 2.24) is 4.90 Å². The number of nitro groups is 1. The number of anilines is 1. The van der Waals surface area contributed by atoms with Crippen LogP contribution < -0.4 is 5.32 Å². The van der Waals surface area contributed by atoms with E-state index in [1.165, 1.54) is 19.2 Å². The molecule has 1 aromatic carbocycles. The van der Waals surface area contributed by atoms with Crippen LogP contribution in [0.3, 0.4) is 0 Å². The molecule has 19 heavy (non-hydrogen) atoms. The second-order valence-corrected chi connectivity index (χ2v) is 4.35. The van der Waals surface area contributed by atoms with Crippen LogP contribution in [0.1, 0.15) is 6.42 Å². The Morgan fingerprint density at radius 3 is 2.74 bits per heavy atom. The van der Waals surface area contributed by atoms with E-state index in [2.05, 4.69) is 10.1 Å². The van der Waals surface area contributed by atoms with Gasteiger partial charge >= 0.3 is 6.09 Å². The van der Waals surface area contributed by atoms with Crippen LogP contribution in [0, 0.1) is 10.1 Å². The van der Waals surface area contributed by atoms with Gasteiger partial charge in [0.1, 0.15) is 0 Å². The van der Waals surface area contributed by atoms with Crippen molar-refractivity contribution < 1.29 is 14.5 Å². The minimum absolute atomic E-state index is 0.0631. The second kappa shape index (κ2) is 5.55. The van der Waals surface area contributed by atoms with Crippen LogP contribution in [0.15, 0.2) is 24.3 Å². The fourth-order valence-corrected chi connectivity index (χ4v) is 2.09. The SMILES string of the molecule is COC(=O)N1CC[C@@H](Nc2ccc([N+](=O)[O-])cc2)C1. The highest BCUT2D eigenvalue weighted by molar-refractivity contribution is 5.68. The van der Waals surface area contributed by atoms with Gasteiger partial charge in [0, 0.05) is 37.0 Å². The fourth-order valence-electron chi connectivity index (χ4n) is 2.09. The highest BCUT2D eigenvalue weighted by Gasteiger charge is 2.26. The van der Waals surface area contributed by atoms with Crippen molar-refractivity contribution in [2.24, 2.45) is 0 Å². The molecule has 1 saturated heterocycles. The van der Waals surface area contributed by atoms with Crippen LogP contribution >= 0.6 is 0 Å². The number of ether oxygens (including phenoxy) is 1. The minimum atomic E-state index is -0.432. The first-order chi connectivity index (χ1) is 9.10. The molecule has 1 aliphatic rings. The third kappa shape index (κ3) is 3.12. The number of carbonyl (C=O) groups is 1. The molecule has 1 aliphatic heterocycles. The second-order valence-electron chi connectivity index (χ2n) is 4.35. The summed E-state index contributed by atoms with van der Waals surface area (Å²) in [7, 11) is 1.36. The summed E-state index contributed by atoms with van der Waals surface area (Å²) in [4.78, 5) is 23.1. The van der Waals surface area contributed by atoms with Crippen molar-refractivity contribution in [1.29, 1.82) is 0 Å². The van der Waals surface area contributed by atoms with E-state index in [1.54, 1.807) is 17.0 Å². The Kier molecular flexibility index (Phi) is 3.84. The van der Waals surface area contributed by atoms with E-state index in [9.17, 15) is 14.9 Å². The first-order valence-electron chi connectivity index (χ1n) is 5.94. The normalized spacial score (nSPS) is 18.2. The lowest BCUT2D eigenvalue weighted by Crippen LogP contribution is -2.31. The number of methoxy groups -OCH3 is 1. The molecule has 1 fully saturated rings. The van der Waals surface area contributed by atoms with Crippen LogP contribution in [-0.2, 0) is 4.74 Å². The van der Waals surface area contributed by atoms with Gasteiger partial charge in [-0.2, -0.15) is 0 Å². The summed E-state index contributed by atoms with van der Waals surface area (Å²) in [5.41, 5.74) is 0.871. The number of hydrogen-bond donors (Lipinski definition) is 1. The molecule has 0 saturated carbocycles. The van der Waals surface area contributed by atoms with Gasteiger partial charge in [-0.25, -0.2) is 4.79 Å². The molecule has 7 heteroatoms. The maximum Gasteiger partial charge on any atom is 0.409 e. The molecule has 0 spiro atoms. The smallest absolute Gasteiger partial charge is 0.409 e. The molecule has 1 atom stereocenters. The average Bonchev–Trinajstić information content (AvgIpc) is 2.87.